The molecule has 1 aliphatic rings. The summed E-state index contributed by atoms with van der Waals surface area (Å²) in [5.74, 6) is -1.32. The number of amides is 1. The second-order valence-electron chi connectivity index (χ2n) is 6.88. The normalized spacial score (nSPS) is 19.4. The number of carbonyl (C=O) groups is 1. The van der Waals surface area contributed by atoms with Gasteiger partial charge in [0.05, 0.1) is 26.8 Å². The molecule has 2 N–H and O–H groups in total. The van der Waals surface area contributed by atoms with Gasteiger partial charge in [0.15, 0.2) is 9.84 Å². The molecule has 0 unspecified atom stereocenters. The Bertz CT molecular complexity index is 1090. The van der Waals surface area contributed by atoms with Crippen molar-refractivity contribution in [2.24, 2.45) is 0 Å². The van der Waals surface area contributed by atoms with Crippen LogP contribution in [0, 0.1) is 17.1 Å². The van der Waals surface area contributed by atoms with Gasteiger partial charge in [-0.1, -0.05) is 11.6 Å². The zero-order chi connectivity index (χ0) is 21.2. The van der Waals surface area contributed by atoms with E-state index in [1.807, 2.05) is 0 Å². The van der Waals surface area contributed by atoms with Crippen LogP contribution in [0.1, 0.15) is 41.6 Å². The van der Waals surface area contributed by atoms with Crippen molar-refractivity contribution in [1.29, 1.82) is 5.26 Å². The number of aliphatic hydroxyl groups is 1. The molecule has 0 aromatic heterocycles. The summed E-state index contributed by atoms with van der Waals surface area (Å²) in [6.45, 7) is 0. The number of anilines is 1. The average Bonchev–Trinajstić information content (AvgIpc) is 2.69. The number of nitriles is 1. The lowest BCUT2D eigenvalue weighted by Crippen LogP contribution is -2.29. The zero-order valence-corrected chi connectivity index (χ0v) is 16.8. The fourth-order valence-electron chi connectivity index (χ4n) is 3.29. The summed E-state index contributed by atoms with van der Waals surface area (Å²) in [6, 6.07) is 9.17. The minimum absolute atomic E-state index is 0.0150. The summed E-state index contributed by atoms with van der Waals surface area (Å²) in [6.07, 6.45) is 0.940. The lowest BCUT2D eigenvalue weighted by Gasteiger charge is -2.25. The molecule has 2 aromatic carbocycles. The number of nitrogens with zero attached hydrogens (tertiary/aromatic N) is 1. The monoisotopic (exact) mass is 436 g/mol. The Morgan fingerprint density at radius 3 is 2.52 bits per heavy atom. The maximum absolute atomic E-state index is 13.4. The van der Waals surface area contributed by atoms with E-state index in [1.54, 1.807) is 6.07 Å². The van der Waals surface area contributed by atoms with Crippen LogP contribution in [0.5, 0.6) is 0 Å². The molecular formula is C20H18ClFN2O4S. The molecule has 1 saturated carbocycles. The Morgan fingerprint density at radius 2 is 1.86 bits per heavy atom. The molecule has 1 aliphatic carbocycles. The van der Waals surface area contributed by atoms with Crippen LogP contribution < -0.4 is 5.32 Å². The molecule has 1 fully saturated rings. The van der Waals surface area contributed by atoms with E-state index < -0.39 is 32.9 Å². The lowest BCUT2D eigenvalue weighted by molar-refractivity contribution is 0.102. The van der Waals surface area contributed by atoms with Crippen molar-refractivity contribution in [3.8, 4) is 6.07 Å². The lowest BCUT2D eigenvalue weighted by atomic mass is 9.97. The number of rotatable bonds is 4. The molecule has 29 heavy (non-hydrogen) atoms. The van der Waals surface area contributed by atoms with E-state index in [1.165, 1.54) is 30.3 Å². The molecular weight excluding hydrogens is 419 g/mol. The number of hydrogen-bond donors (Lipinski definition) is 2. The average molecular weight is 437 g/mol. The molecule has 0 bridgehead atoms. The largest absolute Gasteiger partial charge is 0.393 e. The first-order valence-corrected chi connectivity index (χ1v) is 10.9. The summed E-state index contributed by atoms with van der Waals surface area (Å²) in [5, 5.41) is 20.4. The Labute approximate surface area is 172 Å². The van der Waals surface area contributed by atoms with Gasteiger partial charge in [0.25, 0.3) is 5.91 Å². The van der Waals surface area contributed by atoms with E-state index in [9.17, 15) is 22.7 Å². The van der Waals surface area contributed by atoms with E-state index in [4.69, 9.17) is 16.9 Å². The van der Waals surface area contributed by atoms with E-state index in [0.29, 0.717) is 25.7 Å². The first-order valence-electron chi connectivity index (χ1n) is 8.95. The number of aliphatic hydroxyl groups excluding tert-OH is 1. The van der Waals surface area contributed by atoms with E-state index in [-0.39, 0.29) is 26.7 Å². The van der Waals surface area contributed by atoms with Gasteiger partial charge in [-0.15, -0.1) is 0 Å². The molecule has 2 aromatic rings. The van der Waals surface area contributed by atoms with Gasteiger partial charge >= 0.3 is 0 Å². The molecule has 152 valence electrons. The third-order valence-electron chi connectivity index (χ3n) is 4.93. The molecule has 0 radical (unpaired) electrons. The summed E-state index contributed by atoms with van der Waals surface area (Å²) >= 11 is 6.11. The number of halogens is 2. The van der Waals surface area contributed by atoms with Gasteiger partial charge in [-0.25, -0.2) is 12.8 Å². The number of benzene rings is 2. The first-order chi connectivity index (χ1) is 13.7. The van der Waals surface area contributed by atoms with Gasteiger partial charge in [-0.05, 0) is 62.1 Å². The van der Waals surface area contributed by atoms with E-state index in [0.717, 1.165) is 6.07 Å². The van der Waals surface area contributed by atoms with Crippen molar-refractivity contribution in [1.82, 2.24) is 0 Å². The van der Waals surface area contributed by atoms with Crippen molar-refractivity contribution >= 4 is 33.0 Å². The summed E-state index contributed by atoms with van der Waals surface area (Å²) < 4.78 is 39.4. The zero-order valence-electron chi connectivity index (χ0n) is 15.2. The molecule has 0 saturated heterocycles. The van der Waals surface area contributed by atoms with Gasteiger partial charge in [0.2, 0.25) is 0 Å². The van der Waals surface area contributed by atoms with Crippen molar-refractivity contribution in [2.45, 2.75) is 41.9 Å². The van der Waals surface area contributed by atoms with Gasteiger partial charge in [-0.2, -0.15) is 5.26 Å². The van der Waals surface area contributed by atoms with Crippen molar-refractivity contribution < 1.29 is 22.7 Å². The highest BCUT2D eigenvalue weighted by molar-refractivity contribution is 7.92. The second kappa shape index (κ2) is 8.49. The third kappa shape index (κ3) is 4.58. The van der Waals surface area contributed by atoms with Gasteiger partial charge < -0.3 is 10.4 Å². The Hall–Kier alpha value is -2.47. The van der Waals surface area contributed by atoms with Crippen LogP contribution in [0.3, 0.4) is 0 Å². The minimum Gasteiger partial charge on any atom is -0.393 e. The molecule has 0 spiro atoms. The number of sulfone groups is 1. The predicted molar refractivity (Wildman–Crippen MR) is 106 cm³/mol. The molecule has 0 aliphatic heterocycles. The molecule has 9 heteroatoms. The highest BCUT2D eigenvalue weighted by atomic mass is 35.5. The fourth-order valence-corrected chi connectivity index (χ4v) is 5.61. The molecule has 0 heterocycles. The van der Waals surface area contributed by atoms with E-state index >= 15 is 0 Å². The highest BCUT2D eigenvalue weighted by Crippen LogP contribution is 2.33. The Balaban J connectivity index is 1.87. The van der Waals surface area contributed by atoms with E-state index in [2.05, 4.69) is 5.32 Å². The van der Waals surface area contributed by atoms with Gasteiger partial charge in [-0.3, -0.25) is 4.79 Å². The van der Waals surface area contributed by atoms with Gasteiger partial charge in [0, 0.05) is 11.3 Å². The van der Waals surface area contributed by atoms with Crippen molar-refractivity contribution in [2.75, 3.05) is 5.32 Å². The highest BCUT2D eigenvalue weighted by Gasteiger charge is 2.33. The summed E-state index contributed by atoms with van der Waals surface area (Å²) in [7, 11) is -3.78. The quantitative estimate of drug-likeness (QED) is 0.760. The van der Waals surface area contributed by atoms with Crippen LogP contribution in [0.2, 0.25) is 5.02 Å². The number of nitrogens with one attached hydrogen (secondary N) is 1. The maximum Gasteiger partial charge on any atom is 0.255 e. The molecule has 6 nitrogen and oxygen atoms in total. The maximum atomic E-state index is 13.4. The SMILES string of the molecule is N#Cc1cc(NC(=O)c2ccc(Cl)c(S(=O)(=O)C3CCC(O)CC3)c2)ccc1F. The van der Waals surface area contributed by atoms with Crippen LogP contribution in [-0.2, 0) is 9.84 Å². The fraction of sp³-hybridized carbons (Fsp3) is 0.300. The van der Waals surface area contributed by atoms with Gasteiger partial charge in [0.1, 0.15) is 11.9 Å². The Morgan fingerprint density at radius 1 is 1.17 bits per heavy atom. The predicted octanol–water partition coefficient (Wildman–Crippen LogP) is 3.68. The van der Waals surface area contributed by atoms with Crippen LogP contribution in [0.15, 0.2) is 41.3 Å². The van der Waals surface area contributed by atoms with Crippen LogP contribution in [-0.4, -0.2) is 30.8 Å². The summed E-state index contributed by atoms with van der Waals surface area (Å²) in [4.78, 5) is 12.4. The topological polar surface area (TPSA) is 107 Å². The molecule has 0 atom stereocenters. The van der Waals surface area contributed by atoms with Crippen molar-refractivity contribution in [3.05, 3.63) is 58.4 Å². The third-order valence-corrected chi connectivity index (χ3v) is 7.67. The molecule has 3 rings (SSSR count). The molecule has 1 amide bonds. The van der Waals surface area contributed by atoms with Crippen molar-refractivity contribution in [3.63, 3.8) is 0 Å². The van der Waals surface area contributed by atoms with Crippen LogP contribution >= 0.6 is 11.6 Å². The Kier molecular flexibility index (Phi) is 6.22. The number of hydrogen-bond acceptors (Lipinski definition) is 5. The first kappa shape index (κ1) is 21.2. The minimum atomic E-state index is -3.78. The summed E-state index contributed by atoms with van der Waals surface area (Å²) in [5.41, 5.74) is 0.0434. The second-order valence-corrected chi connectivity index (χ2v) is 9.49. The number of carbonyl (C=O) groups excluding carboxylic acids is 1. The smallest absolute Gasteiger partial charge is 0.255 e. The standard InChI is InChI=1S/C20H18ClFN2O4S/c21-17-7-1-12(20(26)24-14-2-8-18(22)13(9-14)11-23)10-19(17)29(27,28)16-5-3-15(25)4-6-16/h1-2,7-10,15-16,25H,3-6H2,(H,24,26). The van der Waals surface area contributed by atoms with Crippen LogP contribution in [0.4, 0.5) is 10.1 Å². The van der Waals surface area contributed by atoms with Crippen LogP contribution in [0.25, 0.3) is 0 Å².